The van der Waals surface area contributed by atoms with Gasteiger partial charge in [-0.25, -0.2) is 0 Å². The van der Waals surface area contributed by atoms with Crippen molar-refractivity contribution < 1.29 is 9.53 Å². The first-order valence-corrected chi connectivity index (χ1v) is 4.18. The Morgan fingerprint density at radius 3 is 2.92 bits per heavy atom. The van der Waals surface area contributed by atoms with Gasteiger partial charge in [-0.2, -0.15) is 0 Å². The molecule has 13 heavy (non-hydrogen) atoms. The fourth-order valence-corrected chi connectivity index (χ4v) is 1.12. The number of rotatable bonds is 2. The molecule has 0 aliphatic carbocycles. The quantitative estimate of drug-likeness (QED) is 0.682. The highest BCUT2D eigenvalue weighted by Gasteiger charge is 2.08. The largest absolute Gasteiger partial charge is 0.469 e. The van der Waals surface area contributed by atoms with Crippen molar-refractivity contribution in [1.82, 2.24) is 4.98 Å². The second kappa shape index (κ2) is 4.23. The molecule has 1 aromatic heterocycles. The van der Waals surface area contributed by atoms with E-state index in [9.17, 15) is 4.79 Å². The lowest BCUT2D eigenvalue weighted by atomic mass is 10.1. The number of methoxy groups -OCH3 is 1. The van der Waals surface area contributed by atoms with E-state index in [1.165, 1.54) is 7.11 Å². The van der Waals surface area contributed by atoms with Crippen LogP contribution in [0.3, 0.4) is 0 Å². The fourth-order valence-electron chi connectivity index (χ4n) is 0.957. The third-order valence-electron chi connectivity index (χ3n) is 1.69. The number of halogens is 1. The predicted octanol–water partition coefficient (Wildman–Crippen LogP) is 1.76. The molecule has 0 bridgehead atoms. The van der Waals surface area contributed by atoms with Gasteiger partial charge in [-0.1, -0.05) is 11.6 Å². The van der Waals surface area contributed by atoms with Gasteiger partial charge in [0.15, 0.2) is 0 Å². The van der Waals surface area contributed by atoms with Crippen LogP contribution in [0.25, 0.3) is 0 Å². The standard InChI is InChI=1S/C9H10ClNO2/c1-6-4-11-5-7(9(6)10)3-8(12)13-2/h4-5H,3H2,1-2H3. The van der Waals surface area contributed by atoms with Crippen LogP contribution >= 0.6 is 11.6 Å². The summed E-state index contributed by atoms with van der Waals surface area (Å²) in [5, 5.41) is 0.584. The van der Waals surface area contributed by atoms with Crippen LogP contribution in [0.4, 0.5) is 0 Å². The van der Waals surface area contributed by atoms with Gasteiger partial charge in [-0.15, -0.1) is 0 Å². The molecule has 1 aromatic rings. The Labute approximate surface area is 81.7 Å². The van der Waals surface area contributed by atoms with Gasteiger partial charge in [0.1, 0.15) is 0 Å². The van der Waals surface area contributed by atoms with Crippen LogP contribution in [0.15, 0.2) is 12.4 Å². The molecule has 1 heterocycles. The van der Waals surface area contributed by atoms with E-state index in [4.69, 9.17) is 11.6 Å². The van der Waals surface area contributed by atoms with Crippen molar-refractivity contribution in [3.8, 4) is 0 Å². The van der Waals surface area contributed by atoms with E-state index >= 15 is 0 Å². The van der Waals surface area contributed by atoms with Crippen molar-refractivity contribution in [2.45, 2.75) is 13.3 Å². The molecule has 3 nitrogen and oxygen atoms in total. The number of nitrogens with zero attached hydrogens (tertiary/aromatic N) is 1. The molecule has 0 amide bonds. The highest BCUT2D eigenvalue weighted by molar-refractivity contribution is 6.32. The average Bonchev–Trinajstić information content (AvgIpc) is 2.13. The number of aromatic nitrogens is 1. The summed E-state index contributed by atoms with van der Waals surface area (Å²) in [6, 6.07) is 0. The lowest BCUT2D eigenvalue weighted by Crippen LogP contribution is -2.05. The zero-order chi connectivity index (χ0) is 9.84. The highest BCUT2D eigenvalue weighted by atomic mass is 35.5. The number of carbonyl (C=O) groups is 1. The van der Waals surface area contributed by atoms with Gasteiger partial charge in [-0.3, -0.25) is 9.78 Å². The molecule has 0 aromatic carbocycles. The van der Waals surface area contributed by atoms with Gasteiger partial charge < -0.3 is 4.74 Å². The van der Waals surface area contributed by atoms with Gasteiger partial charge >= 0.3 is 5.97 Å². The summed E-state index contributed by atoms with van der Waals surface area (Å²) < 4.78 is 4.52. The van der Waals surface area contributed by atoms with E-state index in [1.807, 2.05) is 6.92 Å². The van der Waals surface area contributed by atoms with Crippen LogP contribution in [0.5, 0.6) is 0 Å². The summed E-state index contributed by atoms with van der Waals surface area (Å²) in [5.41, 5.74) is 1.57. The Kier molecular flexibility index (Phi) is 3.25. The number of carbonyl (C=O) groups excluding carboxylic acids is 1. The Balaban J connectivity index is 2.89. The van der Waals surface area contributed by atoms with Crippen LogP contribution in [-0.2, 0) is 16.0 Å². The first kappa shape index (κ1) is 9.99. The van der Waals surface area contributed by atoms with E-state index in [0.717, 1.165) is 5.56 Å². The van der Waals surface area contributed by atoms with Crippen molar-refractivity contribution in [2.24, 2.45) is 0 Å². The number of ether oxygens (including phenoxy) is 1. The van der Waals surface area contributed by atoms with Crippen LogP contribution in [0, 0.1) is 6.92 Å². The monoisotopic (exact) mass is 199 g/mol. The van der Waals surface area contributed by atoms with Crippen LogP contribution in [-0.4, -0.2) is 18.1 Å². The normalized spacial score (nSPS) is 9.77. The lowest BCUT2D eigenvalue weighted by Gasteiger charge is -2.03. The van der Waals surface area contributed by atoms with Gasteiger partial charge in [0.2, 0.25) is 0 Å². The zero-order valence-corrected chi connectivity index (χ0v) is 8.26. The molecular weight excluding hydrogens is 190 g/mol. The smallest absolute Gasteiger partial charge is 0.310 e. The summed E-state index contributed by atoms with van der Waals surface area (Å²) in [6.45, 7) is 1.84. The molecule has 0 N–H and O–H groups in total. The third kappa shape index (κ3) is 2.42. The maximum atomic E-state index is 10.9. The van der Waals surface area contributed by atoms with Gasteiger partial charge in [0.25, 0.3) is 0 Å². The number of esters is 1. The minimum Gasteiger partial charge on any atom is -0.469 e. The number of aryl methyl sites for hydroxylation is 1. The van der Waals surface area contributed by atoms with Crippen LogP contribution < -0.4 is 0 Å². The molecule has 0 unspecified atom stereocenters. The molecule has 0 fully saturated rings. The van der Waals surface area contributed by atoms with Gasteiger partial charge in [0, 0.05) is 18.0 Å². The second-order valence-electron chi connectivity index (χ2n) is 2.68. The highest BCUT2D eigenvalue weighted by Crippen LogP contribution is 2.19. The molecule has 0 aliphatic rings. The number of hydrogen-bond donors (Lipinski definition) is 0. The van der Waals surface area contributed by atoms with E-state index in [0.29, 0.717) is 10.6 Å². The molecule has 0 aliphatic heterocycles. The molecule has 0 saturated heterocycles. The summed E-state index contributed by atoms with van der Waals surface area (Å²) in [4.78, 5) is 14.9. The van der Waals surface area contributed by atoms with E-state index in [2.05, 4.69) is 9.72 Å². The molecule has 0 radical (unpaired) electrons. The maximum absolute atomic E-state index is 10.9. The maximum Gasteiger partial charge on any atom is 0.310 e. The summed E-state index contributed by atoms with van der Waals surface area (Å²) >= 11 is 5.95. The average molecular weight is 200 g/mol. The Bertz CT molecular complexity index is 325. The van der Waals surface area contributed by atoms with Crippen molar-refractivity contribution >= 4 is 17.6 Å². The fraction of sp³-hybridized carbons (Fsp3) is 0.333. The van der Waals surface area contributed by atoms with Crippen molar-refractivity contribution in [3.05, 3.63) is 28.5 Å². The predicted molar refractivity (Wildman–Crippen MR) is 49.7 cm³/mol. The molecule has 4 heteroatoms. The van der Waals surface area contributed by atoms with Gasteiger partial charge in [-0.05, 0) is 12.5 Å². The molecule has 0 atom stereocenters. The van der Waals surface area contributed by atoms with Crippen LogP contribution in [0.1, 0.15) is 11.1 Å². The topological polar surface area (TPSA) is 39.2 Å². The number of hydrogen-bond acceptors (Lipinski definition) is 3. The molecule has 0 spiro atoms. The van der Waals surface area contributed by atoms with Gasteiger partial charge in [0.05, 0.1) is 18.6 Å². The second-order valence-corrected chi connectivity index (χ2v) is 3.06. The SMILES string of the molecule is COC(=O)Cc1cncc(C)c1Cl. The minimum atomic E-state index is -0.311. The van der Waals surface area contributed by atoms with Crippen molar-refractivity contribution in [3.63, 3.8) is 0 Å². The Morgan fingerprint density at radius 1 is 1.62 bits per heavy atom. The molecule has 70 valence electrons. The first-order chi connectivity index (χ1) is 6.15. The van der Waals surface area contributed by atoms with E-state index < -0.39 is 0 Å². The lowest BCUT2D eigenvalue weighted by molar-refractivity contribution is -0.139. The Morgan fingerprint density at radius 2 is 2.31 bits per heavy atom. The minimum absolute atomic E-state index is 0.171. The summed E-state index contributed by atoms with van der Waals surface area (Å²) in [6.07, 6.45) is 3.40. The number of pyridine rings is 1. The summed E-state index contributed by atoms with van der Waals surface area (Å²) in [5.74, 6) is -0.311. The molecular formula is C9H10ClNO2. The van der Waals surface area contributed by atoms with E-state index in [-0.39, 0.29) is 12.4 Å². The van der Waals surface area contributed by atoms with Crippen LogP contribution in [0.2, 0.25) is 5.02 Å². The third-order valence-corrected chi connectivity index (χ3v) is 2.23. The Hall–Kier alpha value is -1.09. The summed E-state index contributed by atoms with van der Waals surface area (Å²) in [7, 11) is 1.35. The van der Waals surface area contributed by atoms with Crippen molar-refractivity contribution in [2.75, 3.05) is 7.11 Å². The van der Waals surface area contributed by atoms with Crippen molar-refractivity contribution in [1.29, 1.82) is 0 Å². The molecule has 1 rings (SSSR count). The zero-order valence-electron chi connectivity index (χ0n) is 7.50. The molecule has 0 saturated carbocycles. The first-order valence-electron chi connectivity index (χ1n) is 3.81. The van der Waals surface area contributed by atoms with E-state index in [1.54, 1.807) is 12.4 Å².